The molecule has 0 saturated carbocycles. The molecule has 3 N–H and O–H groups in total. The van der Waals surface area contributed by atoms with E-state index >= 15 is 0 Å². The van der Waals surface area contributed by atoms with Crippen LogP contribution in [0.4, 0.5) is 5.69 Å². The van der Waals surface area contributed by atoms with E-state index in [1.54, 1.807) is 48.3 Å². The van der Waals surface area contributed by atoms with E-state index in [9.17, 15) is 9.90 Å². The van der Waals surface area contributed by atoms with Crippen LogP contribution in [0.25, 0.3) is 0 Å². The maximum Gasteiger partial charge on any atom is 0.254 e. The van der Waals surface area contributed by atoms with E-state index in [4.69, 9.17) is 5.73 Å². The molecule has 4 heteroatoms. The Bertz CT molecular complexity index is 638. The van der Waals surface area contributed by atoms with Crippen molar-refractivity contribution in [3.05, 3.63) is 59.2 Å². The molecule has 0 aromatic heterocycles. The molecule has 2 rings (SSSR count). The van der Waals surface area contributed by atoms with E-state index in [-0.39, 0.29) is 11.7 Å². The molecule has 0 atom stereocenters. The topological polar surface area (TPSA) is 66.6 Å². The second kappa shape index (κ2) is 5.65. The molecule has 0 spiro atoms. The number of hydrogen-bond donors (Lipinski definition) is 2. The predicted molar refractivity (Wildman–Crippen MR) is 79.5 cm³/mol. The summed E-state index contributed by atoms with van der Waals surface area (Å²) in [6, 6.07) is 12.2. The zero-order valence-electron chi connectivity index (χ0n) is 11.6. The minimum atomic E-state index is -0.0851. The summed E-state index contributed by atoms with van der Waals surface area (Å²) >= 11 is 0. The molecule has 0 unspecified atom stereocenters. The number of aromatic hydroxyl groups is 1. The standard InChI is InChI=1S/C16H18N2O2/c1-11-14(7-4-8-15(11)17)16(20)18(2)10-12-5-3-6-13(19)9-12/h3-9,19H,10,17H2,1-2H3. The van der Waals surface area contributed by atoms with Crippen molar-refractivity contribution < 1.29 is 9.90 Å². The van der Waals surface area contributed by atoms with Gasteiger partial charge in [0.25, 0.3) is 5.91 Å². The Morgan fingerprint density at radius 1 is 1.25 bits per heavy atom. The lowest BCUT2D eigenvalue weighted by Crippen LogP contribution is -2.27. The molecule has 0 aliphatic rings. The second-order valence-electron chi connectivity index (χ2n) is 4.85. The first-order chi connectivity index (χ1) is 9.49. The average molecular weight is 270 g/mol. The number of phenols is 1. The van der Waals surface area contributed by atoms with Gasteiger partial charge in [-0.1, -0.05) is 18.2 Å². The van der Waals surface area contributed by atoms with Gasteiger partial charge in [0.15, 0.2) is 0 Å². The smallest absolute Gasteiger partial charge is 0.254 e. The Labute approximate surface area is 118 Å². The number of anilines is 1. The molecule has 0 fully saturated rings. The zero-order chi connectivity index (χ0) is 14.7. The monoisotopic (exact) mass is 270 g/mol. The number of nitrogen functional groups attached to an aromatic ring is 1. The third kappa shape index (κ3) is 2.91. The molecular formula is C16H18N2O2. The lowest BCUT2D eigenvalue weighted by molar-refractivity contribution is 0.0784. The van der Waals surface area contributed by atoms with Crippen molar-refractivity contribution in [2.45, 2.75) is 13.5 Å². The number of rotatable bonds is 3. The molecule has 0 aliphatic carbocycles. The molecule has 20 heavy (non-hydrogen) atoms. The fraction of sp³-hybridized carbons (Fsp3) is 0.188. The zero-order valence-corrected chi connectivity index (χ0v) is 11.6. The van der Waals surface area contributed by atoms with Gasteiger partial charge in [-0.05, 0) is 42.3 Å². The van der Waals surface area contributed by atoms with Crippen LogP contribution in [0, 0.1) is 6.92 Å². The summed E-state index contributed by atoms with van der Waals surface area (Å²) in [6.07, 6.45) is 0. The largest absolute Gasteiger partial charge is 0.508 e. The molecule has 4 nitrogen and oxygen atoms in total. The Morgan fingerprint density at radius 3 is 2.65 bits per heavy atom. The first kappa shape index (κ1) is 13.9. The molecule has 2 aromatic carbocycles. The highest BCUT2D eigenvalue weighted by molar-refractivity contribution is 5.96. The van der Waals surface area contributed by atoms with Gasteiger partial charge in [0.1, 0.15) is 5.75 Å². The van der Waals surface area contributed by atoms with Crippen LogP contribution >= 0.6 is 0 Å². The maximum absolute atomic E-state index is 12.4. The summed E-state index contributed by atoms with van der Waals surface area (Å²) in [7, 11) is 1.73. The summed E-state index contributed by atoms with van der Waals surface area (Å²) in [5.74, 6) is 0.113. The third-order valence-corrected chi connectivity index (χ3v) is 3.28. The summed E-state index contributed by atoms with van der Waals surface area (Å²) in [5.41, 5.74) is 8.71. The van der Waals surface area contributed by atoms with Crippen LogP contribution < -0.4 is 5.73 Å². The number of carbonyl (C=O) groups is 1. The molecule has 2 aromatic rings. The van der Waals surface area contributed by atoms with Gasteiger partial charge in [-0.15, -0.1) is 0 Å². The molecule has 0 heterocycles. The number of amides is 1. The lowest BCUT2D eigenvalue weighted by Gasteiger charge is -2.19. The normalized spacial score (nSPS) is 10.3. The van der Waals surface area contributed by atoms with Gasteiger partial charge in [0.05, 0.1) is 0 Å². The summed E-state index contributed by atoms with van der Waals surface area (Å²) < 4.78 is 0. The summed E-state index contributed by atoms with van der Waals surface area (Å²) in [6.45, 7) is 2.27. The highest BCUT2D eigenvalue weighted by Gasteiger charge is 2.15. The van der Waals surface area contributed by atoms with Crippen LogP contribution in [0.15, 0.2) is 42.5 Å². The van der Waals surface area contributed by atoms with Gasteiger partial charge < -0.3 is 15.7 Å². The fourth-order valence-corrected chi connectivity index (χ4v) is 2.09. The number of hydrogen-bond acceptors (Lipinski definition) is 3. The minimum Gasteiger partial charge on any atom is -0.508 e. The number of phenolic OH excluding ortho intramolecular Hbond substituents is 1. The second-order valence-corrected chi connectivity index (χ2v) is 4.85. The first-order valence-electron chi connectivity index (χ1n) is 6.37. The van der Waals surface area contributed by atoms with Crippen molar-refractivity contribution in [1.82, 2.24) is 4.90 Å². The number of nitrogens with zero attached hydrogens (tertiary/aromatic N) is 1. The van der Waals surface area contributed by atoms with Gasteiger partial charge in [0, 0.05) is 24.8 Å². The van der Waals surface area contributed by atoms with Crippen molar-refractivity contribution in [2.75, 3.05) is 12.8 Å². The van der Waals surface area contributed by atoms with Crippen molar-refractivity contribution in [3.63, 3.8) is 0 Å². The van der Waals surface area contributed by atoms with Crippen LogP contribution in [0.2, 0.25) is 0 Å². The van der Waals surface area contributed by atoms with Crippen LogP contribution in [0.3, 0.4) is 0 Å². The number of benzene rings is 2. The van der Waals surface area contributed by atoms with Gasteiger partial charge in [-0.25, -0.2) is 0 Å². The number of carbonyl (C=O) groups excluding carboxylic acids is 1. The number of nitrogens with two attached hydrogens (primary N) is 1. The van der Waals surface area contributed by atoms with E-state index in [0.29, 0.717) is 17.8 Å². The average Bonchev–Trinajstić information content (AvgIpc) is 2.41. The van der Waals surface area contributed by atoms with Crippen LogP contribution in [0.5, 0.6) is 5.75 Å². The molecule has 0 saturated heterocycles. The van der Waals surface area contributed by atoms with Crippen molar-refractivity contribution in [2.24, 2.45) is 0 Å². The van der Waals surface area contributed by atoms with E-state index < -0.39 is 0 Å². The fourth-order valence-electron chi connectivity index (χ4n) is 2.09. The van der Waals surface area contributed by atoms with Gasteiger partial charge in [0.2, 0.25) is 0 Å². The molecule has 104 valence electrons. The Kier molecular flexibility index (Phi) is 3.94. The first-order valence-corrected chi connectivity index (χ1v) is 6.37. The Morgan fingerprint density at radius 2 is 1.95 bits per heavy atom. The summed E-state index contributed by atoms with van der Waals surface area (Å²) in [4.78, 5) is 14.0. The van der Waals surface area contributed by atoms with Crippen LogP contribution in [0.1, 0.15) is 21.5 Å². The molecule has 0 bridgehead atoms. The Hall–Kier alpha value is -2.49. The van der Waals surface area contributed by atoms with Crippen molar-refractivity contribution in [1.29, 1.82) is 0 Å². The quantitative estimate of drug-likeness (QED) is 0.842. The highest BCUT2D eigenvalue weighted by atomic mass is 16.3. The van der Waals surface area contributed by atoms with Gasteiger partial charge in [-0.3, -0.25) is 4.79 Å². The maximum atomic E-state index is 12.4. The van der Waals surface area contributed by atoms with E-state index in [1.807, 2.05) is 13.0 Å². The van der Waals surface area contributed by atoms with E-state index in [0.717, 1.165) is 11.1 Å². The minimum absolute atomic E-state index is 0.0851. The van der Waals surface area contributed by atoms with E-state index in [1.165, 1.54) is 0 Å². The SMILES string of the molecule is Cc1c(N)cccc1C(=O)N(C)Cc1cccc(O)c1. The molecular weight excluding hydrogens is 252 g/mol. The van der Waals surface area contributed by atoms with Gasteiger partial charge >= 0.3 is 0 Å². The third-order valence-electron chi connectivity index (χ3n) is 3.28. The van der Waals surface area contributed by atoms with Crippen molar-refractivity contribution in [3.8, 4) is 5.75 Å². The summed E-state index contributed by atoms with van der Waals surface area (Å²) in [5, 5.41) is 9.44. The molecule has 0 radical (unpaired) electrons. The van der Waals surface area contributed by atoms with Crippen molar-refractivity contribution >= 4 is 11.6 Å². The molecule has 0 aliphatic heterocycles. The van der Waals surface area contributed by atoms with Crippen LogP contribution in [-0.2, 0) is 6.54 Å². The van der Waals surface area contributed by atoms with E-state index in [2.05, 4.69) is 0 Å². The van der Waals surface area contributed by atoms with Crippen LogP contribution in [-0.4, -0.2) is 23.0 Å². The Balaban J connectivity index is 2.19. The predicted octanol–water partition coefficient (Wildman–Crippen LogP) is 2.56. The molecule has 1 amide bonds. The lowest BCUT2D eigenvalue weighted by atomic mass is 10.1. The van der Waals surface area contributed by atoms with Gasteiger partial charge in [-0.2, -0.15) is 0 Å². The highest BCUT2D eigenvalue weighted by Crippen LogP contribution is 2.18.